The number of rotatable bonds is 7. The first kappa shape index (κ1) is 21.2. The van der Waals surface area contributed by atoms with Crippen molar-refractivity contribution in [2.75, 3.05) is 23.9 Å². The SMILES string of the molecule is COc1cccc(OCC(=O)Nc2ccc3c(c2)OC(C)C(=O)N3Cc2ccccc2)c1. The minimum atomic E-state index is -0.617. The van der Waals surface area contributed by atoms with Crippen molar-refractivity contribution in [1.82, 2.24) is 0 Å². The van der Waals surface area contributed by atoms with Crippen molar-refractivity contribution in [2.45, 2.75) is 19.6 Å². The number of benzene rings is 3. The third kappa shape index (κ3) is 4.83. The number of nitrogens with zero attached hydrogens (tertiary/aromatic N) is 1. The van der Waals surface area contributed by atoms with Crippen molar-refractivity contribution in [3.05, 3.63) is 78.4 Å². The Morgan fingerprint density at radius 1 is 1.03 bits per heavy atom. The number of anilines is 2. The van der Waals surface area contributed by atoms with Gasteiger partial charge in [0.15, 0.2) is 12.7 Å². The van der Waals surface area contributed by atoms with Gasteiger partial charge in [0.1, 0.15) is 17.2 Å². The van der Waals surface area contributed by atoms with Gasteiger partial charge < -0.3 is 24.4 Å². The highest BCUT2D eigenvalue weighted by Gasteiger charge is 2.31. The molecule has 32 heavy (non-hydrogen) atoms. The van der Waals surface area contributed by atoms with Crippen LogP contribution in [0.15, 0.2) is 72.8 Å². The number of ether oxygens (including phenoxy) is 3. The summed E-state index contributed by atoms with van der Waals surface area (Å²) in [7, 11) is 1.57. The molecule has 0 saturated carbocycles. The van der Waals surface area contributed by atoms with Crippen molar-refractivity contribution < 1.29 is 23.8 Å². The molecular formula is C25H24N2O5. The van der Waals surface area contributed by atoms with Crippen molar-refractivity contribution in [3.63, 3.8) is 0 Å². The van der Waals surface area contributed by atoms with Crippen LogP contribution in [-0.2, 0) is 16.1 Å². The zero-order valence-electron chi connectivity index (χ0n) is 17.9. The number of nitrogens with one attached hydrogen (secondary N) is 1. The molecule has 3 aromatic carbocycles. The van der Waals surface area contributed by atoms with E-state index in [2.05, 4.69) is 5.32 Å². The van der Waals surface area contributed by atoms with E-state index < -0.39 is 6.10 Å². The molecule has 3 aromatic rings. The van der Waals surface area contributed by atoms with Crippen LogP contribution in [0.4, 0.5) is 11.4 Å². The molecule has 1 heterocycles. The van der Waals surface area contributed by atoms with Gasteiger partial charge in [-0.1, -0.05) is 36.4 Å². The van der Waals surface area contributed by atoms with Gasteiger partial charge in [-0.2, -0.15) is 0 Å². The quantitative estimate of drug-likeness (QED) is 0.610. The first-order valence-corrected chi connectivity index (χ1v) is 10.3. The molecule has 0 aromatic heterocycles. The lowest BCUT2D eigenvalue weighted by atomic mass is 10.1. The lowest BCUT2D eigenvalue weighted by Crippen LogP contribution is -2.44. The minimum Gasteiger partial charge on any atom is -0.497 e. The molecule has 1 aliphatic heterocycles. The van der Waals surface area contributed by atoms with E-state index in [1.165, 1.54) is 0 Å². The van der Waals surface area contributed by atoms with E-state index in [1.807, 2.05) is 30.3 Å². The van der Waals surface area contributed by atoms with E-state index in [4.69, 9.17) is 14.2 Å². The summed E-state index contributed by atoms with van der Waals surface area (Å²) in [5.74, 6) is 1.31. The highest BCUT2D eigenvalue weighted by molar-refractivity contribution is 6.00. The maximum absolute atomic E-state index is 12.7. The van der Waals surface area contributed by atoms with Crippen molar-refractivity contribution in [1.29, 1.82) is 0 Å². The first-order valence-electron chi connectivity index (χ1n) is 10.3. The predicted molar refractivity (Wildman–Crippen MR) is 121 cm³/mol. The average molecular weight is 432 g/mol. The third-order valence-corrected chi connectivity index (χ3v) is 5.05. The number of hydrogen-bond donors (Lipinski definition) is 1. The van der Waals surface area contributed by atoms with Crippen LogP contribution in [0.5, 0.6) is 17.2 Å². The van der Waals surface area contributed by atoms with E-state index in [0.717, 1.165) is 5.56 Å². The normalized spacial score (nSPS) is 14.9. The van der Waals surface area contributed by atoms with Crippen molar-refractivity contribution >= 4 is 23.2 Å². The fourth-order valence-corrected chi connectivity index (χ4v) is 3.45. The fourth-order valence-electron chi connectivity index (χ4n) is 3.45. The molecule has 164 valence electrons. The molecule has 0 fully saturated rings. The maximum Gasteiger partial charge on any atom is 0.268 e. The molecule has 2 amide bonds. The monoisotopic (exact) mass is 432 g/mol. The van der Waals surface area contributed by atoms with Crippen molar-refractivity contribution in [2.24, 2.45) is 0 Å². The molecule has 0 spiro atoms. The summed E-state index contributed by atoms with van der Waals surface area (Å²) in [6.45, 7) is 2.01. The molecule has 0 aliphatic carbocycles. The Labute approximate surface area is 186 Å². The van der Waals surface area contributed by atoms with Crippen molar-refractivity contribution in [3.8, 4) is 17.2 Å². The van der Waals surface area contributed by atoms with Crippen LogP contribution in [0.1, 0.15) is 12.5 Å². The summed E-state index contributed by atoms with van der Waals surface area (Å²) in [5, 5.41) is 2.80. The largest absolute Gasteiger partial charge is 0.497 e. The van der Waals surface area contributed by atoms with Gasteiger partial charge in [0, 0.05) is 17.8 Å². The molecule has 0 saturated heterocycles. The molecule has 7 heteroatoms. The maximum atomic E-state index is 12.7. The van der Waals surface area contributed by atoms with Crippen LogP contribution in [0.3, 0.4) is 0 Å². The Balaban J connectivity index is 1.45. The van der Waals surface area contributed by atoms with Crippen LogP contribution in [0.25, 0.3) is 0 Å². The summed E-state index contributed by atoms with van der Waals surface area (Å²) < 4.78 is 16.5. The van der Waals surface area contributed by atoms with Crippen LogP contribution < -0.4 is 24.4 Å². The lowest BCUT2D eigenvalue weighted by molar-refractivity contribution is -0.125. The lowest BCUT2D eigenvalue weighted by Gasteiger charge is -2.33. The highest BCUT2D eigenvalue weighted by Crippen LogP contribution is 2.37. The molecule has 1 unspecified atom stereocenters. The van der Waals surface area contributed by atoms with Gasteiger partial charge in [-0.25, -0.2) is 0 Å². The molecule has 1 atom stereocenters. The second-order valence-corrected chi connectivity index (χ2v) is 7.37. The van der Waals surface area contributed by atoms with Crippen LogP contribution in [0, 0.1) is 0 Å². The molecule has 1 N–H and O–H groups in total. The summed E-state index contributed by atoms with van der Waals surface area (Å²) in [5.41, 5.74) is 2.25. The fraction of sp³-hybridized carbons (Fsp3) is 0.200. The number of amides is 2. The number of methoxy groups -OCH3 is 1. The third-order valence-electron chi connectivity index (χ3n) is 5.05. The summed E-state index contributed by atoms with van der Waals surface area (Å²) in [6, 6.07) is 22.1. The van der Waals surface area contributed by atoms with Gasteiger partial charge in [-0.05, 0) is 36.8 Å². The van der Waals surface area contributed by atoms with Gasteiger partial charge >= 0.3 is 0 Å². The number of carbonyl (C=O) groups is 2. The molecular weight excluding hydrogens is 408 g/mol. The topological polar surface area (TPSA) is 77.1 Å². The Bertz CT molecular complexity index is 1120. The second-order valence-electron chi connectivity index (χ2n) is 7.37. The zero-order chi connectivity index (χ0) is 22.5. The van der Waals surface area contributed by atoms with E-state index >= 15 is 0 Å². The van der Waals surface area contributed by atoms with E-state index in [1.54, 1.807) is 61.4 Å². The first-order chi connectivity index (χ1) is 15.5. The number of fused-ring (bicyclic) bond motifs is 1. The second kappa shape index (κ2) is 9.43. The number of carbonyl (C=O) groups excluding carboxylic acids is 2. The Morgan fingerprint density at radius 2 is 1.81 bits per heavy atom. The Morgan fingerprint density at radius 3 is 2.59 bits per heavy atom. The number of hydrogen-bond acceptors (Lipinski definition) is 5. The summed E-state index contributed by atoms with van der Waals surface area (Å²) >= 11 is 0. The van der Waals surface area contributed by atoms with Crippen LogP contribution in [0.2, 0.25) is 0 Å². The summed E-state index contributed by atoms with van der Waals surface area (Å²) in [4.78, 5) is 26.8. The molecule has 0 radical (unpaired) electrons. The van der Waals surface area contributed by atoms with Gasteiger partial charge in [0.2, 0.25) is 0 Å². The Kier molecular flexibility index (Phi) is 6.26. The predicted octanol–water partition coefficient (Wildman–Crippen LogP) is 4.03. The summed E-state index contributed by atoms with van der Waals surface area (Å²) in [6.07, 6.45) is -0.617. The van der Waals surface area contributed by atoms with Gasteiger partial charge in [0.05, 0.1) is 19.3 Å². The average Bonchev–Trinajstić information content (AvgIpc) is 2.81. The zero-order valence-corrected chi connectivity index (χ0v) is 17.9. The van der Waals surface area contributed by atoms with E-state index in [9.17, 15) is 9.59 Å². The smallest absolute Gasteiger partial charge is 0.268 e. The molecule has 4 rings (SSSR count). The standard InChI is InChI=1S/C25H24N2O5/c1-17-25(29)27(15-18-7-4-3-5-8-18)22-12-11-19(13-23(22)32-17)26-24(28)16-31-21-10-6-9-20(14-21)30-2/h3-14,17H,15-16H2,1-2H3,(H,26,28). The van der Waals surface area contributed by atoms with Crippen LogP contribution >= 0.6 is 0 Å². The highest BCUT2D eigenvalue weighted by atomic mass is 16.5. The molecule has 7 nitrogen and oxygen atoms in total. The van der Waals surface area contributed by atoms with Gasteiger partial charge in [-0.3, -0.25) is 9.59 Å². The Hall–Kier alpha value is -4.00. The molecule has 0 bridgehead atoms. The van der Waals surface area contributed by atoms with Gasteiger partial charge in [0.25, 0.3) is 11.8 Å². The van der Waals surface area contributed by atoms with E-state index in [-0.39, 0.29) is 18.4 Å². The minimum absolute atomic E-state index is 0.107. The van der Waals surface area contributed by atoms with Crippen LogP contribution in [-0.4, -0.2) is 31.6 Å². The van der Waals surface area contributed by atoms with E-state index in [0.29, 0.717) is 35.2 Å². The van der Waals surface area contributed by atoms with Gasteiger partial charge in [-0.15, -0.1) is 0 Å². The molecule has 1 aliphatic rings.